The first-order valence-electron chi connectivity index (χ1n) is 7.27. The molecule has 112 valence electrons. The molecule has 1 N–H and O–H groups in total. The summed E-state index contributed by atoms with van der Waals surface area (Å²) >= 11 is 0. The third kappa shape index (κ3) is 3.87. The molecule has 0 amide bonds. The van der Waals surface area contributed by atoms with E-state index >= 15 is 0 Å². The molecule has 1 aliphatic carbocycles. The molecule has 0 aromatic heterocycles. The molecular formula is C16H25NO3. The highest BCUT2D eigenvalue weighted by Gasteiger charge is 2.21. The van der Waals surface area contributed by atoms with Gasteiger partial charge in [-0.15, -0.1) is 0 Å². The van der Waals surface area contributed by atoms with E-state index in [1.807, 2.05) is 25.2 Å². The van der Waals surface area contributed by atoms with Gasteiger partial charge in [0.25, 0.3) is 0 Å². The second-order valence-electron chi connectivity index (χ2n) is 5.51. The Morgan fingerprint density at radius 3 is 2.75 bits per heavy atom. The molecular weight excluding hydrogens is 254 g/mol. The molecule has 4 nitrogen and oxygen atoms in total. The fraction of sp³-hybridized carbons (Fsp3) is 0.625. The van der Waals surface area contributed by atoms with Gasteiger partial charge in [-0.25, -0.2) is 0 Å². The smallest absolute Gasteiger partial charge is 0.126 e. The van der Waals surface area contributed by atoms with Gasteiger partial charge in [0.2, 0.25) is 0 Å². The van der Waals surface area contributed by atoms with E-state index in [1.165, 1.54) is 12.8 Å². The van der Waals surface area contributed by atoms with E-state index in [0.29, 0.717) is 6.61 Å². The van der Waals surface area contributed by atoms with Crippen molar-refractivity contribution in [3.05, 3.63) is 23.8 Å². The van der Waals surface area contributed by atoms with Crippen molar-refractivity contribution in [2.45, 2.75) is 25.9 Å². The van der Waals surface area contributed by atoms with Crippen LogP contribution in [0.2, 0.25) is 0 Å². The molecule has 1 atom stereocenters. The minimum absolute atomic E-state index is 0.559. The van der Waals surface area contributed by atoms with Crippen molar-refractivity contribution in [1.29, 1.82) is 0 Å². The van der Waals surface area contributed by atoms with Crippen molar-refractivity contribution >= 4 is 5.69 Å². The zero-order valence-corrected chi connectivity index (χ0v) is 12.6. The Morgan fingerprint density at radius 2 is 2.15 bits per heavy atom. The number of hydrogen-bond donors (Lipinski definition) is 1. The Bertz CT molecular complexity index is 430. The van der Waals surface area contributed by atoms with Crippen LogP contribution in [0.1, 0.15) is 31.4 Å². The van der Waals surface area contributed by atoms with E-state index in [9.17, 15) is 5.11 Å². The highest BCUT2D eigenvalue weighted by atomic mass is 16.5. The summed E-state index contributed by atoms with van der Waals surface area (Å²) in [4.78, 5) is 2.11. The summed E-state index contributed by atoms with van der Waals surface area (Å²) in [7, 11) is 3.64. The van der Waals surface area contributed by atoms with Crippen molar-refractivity contribution in [2.75, 3.05) is 38.8 Å². The summed E-state index contributed by atoms with van der Waals surface area (Å²) in [6.07, 6.45) is 2.08. The van der Waals surface area contributed by atoms with Gasteiger partial charge >= 0.3 is 0 Å². The van der Waals surface area contributed by atoms with Gasteiger partial charge in [-0.3, -0.25) is 0 Å². The van der Waals surface area contributed by atoms with Crippen LogP contribution in [0.15, 0.2) is 18.2 Å². The molecule has 1 aliphatic rings. The number of aliphatic hydroxyl groups is 1. The predicted octanol–water partition coefficient (Wildman–Crippen LogP) is 2.61. The Balaban J connectivity index is 1.97. The zero-order chi connectivity index (χ0) is 14.5. The van der Waals surface area contributed by atoms with Crippen LogP contribution in [-0.2, 0) is 4.74 Å². The van der Waals surface area contributed by atoms with Crippen LogP contribution in [0, 0.1) is 5.92 Å². The first kappa shape index (κ1) is 15.1. The Labute approximate surface area is 121 Å². The molecule has 1 aromatic carbocycles. The number of nitrogens with zero attached hydrogens (tertiary/aromatic N) is 1. The van der Waals surface area contributed by atoms with Crippen molar-refractivity contribution in [2.24, 2.45) is 5.92 Å². The third-order valence-corrected chi connectivity index (χ3v) is 3.71. The van der Waals surface area contributed by atoms with E-state index < -0.39 is 6.10 Å². The second kappa shape index (κ2) is 6.95. The number of rotatable bonds is 8. The Kier molecular flexibility index (Phi) is 5.26. The maximum absolute atomic E-state index is 9.98. The number of anilines is 1. The fourth-order valence-electron chi connectivity index (χ4n) is 2.32. The molecule has 0 aliphatic heterocycles. The van der Waals surface area contributed by atoms with Gasteiger partial charge < -0.3 is 19.5 Å². The number of likely N-dealkylation sites (N-methyl/N-ethyl adjacent to an activating group) is 1. The fourth-order valence-corrected chi connectivity index (χ4v) is 2.32. The lowest BCUT2D eigenvalue weighted by molar-refractivity contribution is 0.130. The molecule has 0 saturated heterocycles. The monoisotopic (exact) mass is 279 g/mol. The summed E-state index contributed by atoms with van der Waals surface area (Å²) in [5.74, 6) is 1.52. The topological polar surface area (TPSA) is 41.9 Å². The predicted molar refractivity (Wildman–Crippen MR) is 80.4 cm³/mol. The molecule has 0 bridgehead atoms. The minimum atomic E-state index is -0.559. The molecule has 0 unspecified atom stereocenters. The molecule has 1 aromatic rings. The van der Waals surface area contributed by atoms with E-state index in [1.54, 1.807) is 14.0 Å². The van der Waals surface area contributed by atoms with Crippen molar-refractivity contribution < 1.29 is 14.6 Å². The van der Waals surface area contributed by atoms with Gasteiger partial charge in [0.15, 0.2) is 0 Å². The molecule has 0 spiro atoms. The average Bonchev–Trinajstić information content (AvgIpc) is 3.26. The molecule has 4 heteroatoms. The quantitative estimate of drug-likeness (QED) is 0.743. The van der Waals surface area contributed by atoms with E-state index in [2.05, 4.69) is 4.90 Å². The van der Waals surface area contributed by atoms with E-state index in [0.717, 1.165) is 36.1 Å². The van der Waals surface area contributed by atoms with Crippen LogP contribution in [0.4, 0.5) is 5.69 Å². The second-order valence-corrected chi connectivity index (χ2v) is 5.51. The summed E-state index contributed by atoms with van der Waals surface area (Å²) < 4.78 is 11.0. The Hall–Kier alpha value is -1.26. The maximum atomic E-state index is 9.98. The third-order valence-electron chi connectivity index (χ3n) is 3.71. The van der Waals surface area contributed by atoms with Gasteiger partial charge in [0, 0.05) is 31.5 Å². The Morgan fingerprint density at radius 1 is 1.40 bits per heavy atom. The van der Waals surface area contributed by atoms with Gasteiger partial charge in [0.1, 0.15) is 5.75 Å². The first-order chi connectivity index (χ1) is 9.63. The van der Waals surface area contributed by atoms with Gasteiger partial charge in [-0.1, -0.05) is 6.07 Å². The van der Waals surface area contributed by atoms with Crippen LogP contribution in [0.5, 0.6) is 5.75 Å². The van der Waals surface area contributed by atoms with Crippen LogP contribution in [0.25, 0.3) is 0 Å². The van der Waals surface area contributed by atoms with E-state index in [4.69, 9.17) is 9.47 Å². The first-order valence-corrected chi connectivity index (χ1v) is 7.27. The lowest BCUT2D eigenvalue weighted by Gasteiger charge is -2.25. The summed E-state index contributed by atoms with van der Waals surface area (Å²) in [5.41, 5.74) is 1.83. The lowest BCUT2D eigenvalue weighted by atomic mass is 10.1. The SMILES string of the molecule is COc1cccc(N(C)CCOCC2CC2)c1[C@H](C)O. The van der Waals surface area contributed by atoms with Crippen molar-refractivity contribution in [3.8, 4) is 5.75 Å². The largest absolute Gasteiger partial charge is 0.496 e. The molecule has 1 saturated carbocycles. The van der Waals surface area contributed by atoms with Crippen LogP contribution < -0.4 is 9.64 Å². The van der Waals surface area contributed by atoms with Crippen LogP contribution in [0.3, 0.4) is 0 Å². The molecule has 1 fully saturated rings. The van der Waals surface area contributed by atoms with Crippen LogP contribution >= 0.6 is 0 Å². The molecule has 2 rings (SSSR count). The minimum Gasteiger partial charge on any atom is -0.496 e. The number of ether oxygens (including phenoxy) is 2. The normalized spacial score (nSPS) is 16.0. The number of hydrogen-bond acceptors (Lipinski definition) is 4. The molecule has 0 heterocycles. The highest BCUT2D eigenvalue weighted by molar-refractivity contribution is 5.60. The zero-order valence-electron chi connectivity index (χ0n) is 12.6. The van der Waals surface area contributed by atoms with Crippen molar-refractivity contribution in [3.63, 3.8) is 0 Å². The highest BCUT2D eigenvalue weighted by Crippen LogP contribution is 2.34. The van der Waals surface area contributed by atoms with Crippen LogP contribution in [-0.4, -0.2) is 39.0 Å². The lowest BCUT2D eigenvalue weighted by Crippen LogP contribution is -2.24. The number of benzene rings is 1. The number of methoxy groups -OCH3 is 1. The van der Waals surface area contributed by atoms with Crippen molar-refractivity contribution in [1.82, 2.24) is 0 Å². The average molecular weight is 279 g/mol. The standard InChI is InChI=1S/C16H25NO3/c1-12(18)16-14(5-4-6-15(16)19-3)17(2)9-10-20-11-13-7-8-13/h4-6,12-13,18H,7-11H2,1-3H3/t12-/m0/s1. The van der Waals surface area contributed by atoms with Gasteiger partial charge in [-0.2, -0.15) is 0 Å². The van der Waals surface area contributed by atoms with Gasteiger partial charge in [-0.05, 0) is 37.8 Å². The molecule has 0 radical (unpaired) electrons. The summed E-state index contributed by atoms with van der Waals surface area (Å²) in [6.45, 7) is 4.16. The maximum Gasteiger partial charge on any atom is 0.126 e. The van der Waals surface area contributed by atoms with Gasteiger partial charge in [0.05, 0.1) is 19.8 Å². The molecule has 20 heavy (non-hydrogen) atoms. The number of aliphatic hydroxyl groups excluding tert-OH is 1. The van der Waals surface area contributed by atoms with E-state index in [-0.39, 0.29) is 0 Å². The summed E-state index contributed by atoms with van der Waals surface area (Å²) in [5, 5.41) is 9.98. The summed E-state index contributed by atoms with van der Waals surface area (Å²) in [6, 6.07) is 5.83.